The molecule has 1 aliphatic heterocycles. The van der Waals surface area contributed by atoms with Crippen molar-refractivity contribution in [1.82, 2.24) is 9.29 Å². The zero-order valence-corrected chi connectivity index (χ0v) is 13.3. The molecule has 0 aromatic carbocycles. The lowest BCUT2D eigenvalue weighted by Crippen LogP contribution is -2.35. The van der Waals surface area contributed by atoms with Gasteiger partial charge < -0.3 is 4.74 Å². The zero-order chi connectivity index (χ0) is 14.4. The van der Waals surface area contributed by atoms with E-state index in [2.05, 4.69) is 4.98 Å². The number of sulfonamides is 1. The van der Waals surface area contributed by atoms with E-state index in [0.29, 0.717) is 19.7 Å². The van der Waals surface area contributed by atoms with E-state index in [1.54, 1.807) is 35.3 Å². The van der Waals surface area contributed by atoms with Gasteiger partial charge in [-0.3, -0.25) is 0 Å². The van der Waals surface area contributed by atoms with Crippen LogP contribution in [0.25, 0.3) is 0 Å². The fourth-order valence-electron chi connectivity index (χ4n) is 2.09. The highest BCUT2D eigenvalue weighted by Crippen LogP contribution is 2.22. The van der Waals surface area contributed by atoms with Crippen LogP contribution in [-0.4, -0.2) is 50.3 Å². The molecule has 2 rings (SSSR count). The molecule has 1 saturated heterocycles. The van der Waals surface area contributed by atoms with E-state index >= 15 is 0 Å². The third kappa shape index (κ3) is 3.94. The van der Waals surface area contributed by atoms with Gasteiger partial charge in [0.1, 0.15) is 4.90 Å². The van der Waals surface area contributed by atoms with Crippen molar-refractivity contribution >= 4 is 21.8 Å². The normalized spacial score (nSPS) is 17.2. The van der Waals surface area contributed by atoms with E-state index in [-0.39, 0.29) is 4.90 Å². The predicted octanol–water partition coefficient (Wildman–Crippen LogP) is 1.99. The van der Waals surface area contributed by atoms with Gasteiger partial charge in [0, 0.05) is 32.1 Å². The number of ether oxygens (including phenoxy) is 1. The summed E-state index contributed by atoms with van der Waals surface area (Å²) in [7, 11) is -1.71. The minimum atomic E-state index is -3.37. The van der Waals surface area contributed by atoms with Crippen LogP contribution in [0.4, 0.5) is 0 Å². The van der Waals surface area contributed by atoms with Gasteiger partial charge >= 0.3 is 0 Å². The number of aromatic nitrogens is 1. The molecule has 1 aromatic rings. The molecule has 1 aliphatic rings. The summed E-state index contributed by atoms with van der Waals surface area (Å²) in [6.07, 6.45) is 4.45. The number of thioether (sulfide) groups is 1. The van der Waals surface area contributed by atoms with Crippen molar-refractivity contribution in [3.63, 3.8) is 0 Å². The molecule has 20 heavy (non-hydrogen) atoms. The van der Waals surface area contributed by atoms with Gasteiger partial charge in [0.2, 0.25) is 10.0 Å². The summed E-state index contributed by atoms with van der Waals surface area (Å²) in [5, 5.41) is 0.819. The van der Waals surface area contributed by atoms with E-state index in [0.717, 1.165) is 30.0 Å². The van der Waals surface area contributed by atoms with Crippen LogP contribution < -0.4 is 0 Å². The van der Waals surface area contributed by atoms with Crippen LogP contribution in [-0.2, 0) is 14.8 Å². The highest BCUT2D eigenvalue weighted by atomic mass is 32.2. The van der Waals surface area contributed by atoms with Crippen LogP contribution in [0, 0.1) is 0 Å². The molecule has 1 fully saturated rings. The summed E-state index contributed by atoms with van der Waals surface area (Å²) >= 11 is 1.56. The Kier molecular flexibility index (Phi) is 5.83. The molecule has 0 amide bonds. The van der Waals surface area contributed by atoms with Crippen molar-refractivity contribution in [1.29, 1.82) is 0 Å². The fraction of sp³-hybridized carbons (Fsp3) is 0.615. The molecule has 0 unspecified atom stereocenters. The van der Waals surface area contributed by atoms with Crippen LogP contribution in [0.2, 0.25) is 0 Å². The lowest BCUT2D eigenvalue weighted by atomic mass is 10.2. The number of rotatable bonds is 6. The van der Waals surface area contributed by atoms with Crippen molar-refractivity contribution in [2.45, 2.75) is 29.2 Å². The van der Waals surface area contributed by atoms with Crippen LogP contribution in [0.15, 0.2) is 28.3 Å². The first-order valence-corrected chi connectivity index (χ1v) is 9.15. The molecule has 7 heteroatoms. The maximum Gasteiger partial charge on any atom is 0.244 e. The monoisotopic (exact) mass is 316 g/mol. The maximum absolute atomic E-state index is 12.4. The number of methoxy groups -OCH3 is 1. The topological polar surface area (TPSA) is 59.5 Å². The third-order valence-corrected chi connectivity index (χ3v) is 5.99. The third-order valence-electron chi connectivity index (χ3n) is 3.20. The second-order valence-corrected chi connectivity index (χ2v) is 7.69. The molecule has 2 heterocycles. The molecule has 0 aliphatic carbocycles. The molecule has 0 atom stereocenters. The van der Waals surface area contributed by atoms with Gasteiger partial charge in [0.15, 0.2) is 0 Å². The predicted molar refractivity (Wildman–Crippen MR) is 79.4 cm³/mol. The molecule has 112 valence electrons. The van der Waals surface area contributed by atoms with E-state index in [9.17, 15) is 8.42 Å². The fourth-order valence-corrected chi connectivity index (χ4v) is 4.30. The quantitative estimate of drug-likeness (QED) is 0.593. The van der Waals surface area contributed by atoms with Crippen LogP contribution in [0.3, 0.4) is 0 Å². The van der Waals surface area contributed by atoms with Crippen LogP contribution in [0.5, 0.6) is 0 Å². The maximum atomic E-state index is 12.4. The highest BCUT2D eigenvalue weighted by Gasteiger charge is 2.25. The molecule has 1 aromatic heterocycles. The molecule has 0 bridgehead atoms. The average molecular weight is 316 g/mol. The molecular weight excluding hydrogens is 296 g/mol. The van der Waals surface area contributed by atoms with E-state index in [4.69, 9.17) is 4.74 Å². The van der Waals surface area contributed by atoms with E-state index in [1.165, 1.54) is 6.20 Å². The van der Waals surface area contributed by atoms with Crippen molar-refractivity contribution in [3.05, 3.63) is 18.3 Å². The van der Waals surface area contributed by atoms with Crippen molar-refractivity contribution in [3.8, 4) is 0 Å². The average Bonchev–Trinajstić information content (AvgIpc) is 2.49. The lowest BCUT2D eigenvalue weighted by Gasteiger charge is -2.25. The lowest BCUT2D eigenvalue weighted by molar-refractivity contribution is 0.218. The Labute approximate surface area is 124 Å². The first kappa shape index (κ1) is 15.8. The zero-order valence-electron chi connectivity index (χ0n) is 11.6. The Morgan fingerprint density at radius 2 is 2.05 bits per heavy atom. The van der Waals surface area contributed by atoms with Gasteiger partial charge in [-0.05, 0) is 25.0 Å². The summed E-state index contributed by atoms with van der Waals surface area (Å²) < 4.78 is 31.4. The van der Waals surface area contributed by atoms with Gasteiger partial charge in [-0.1, -0.05) is 6.42 Å². The second kappa shape index (κ2) is 7.40. The molecular formula is C13H20N2O3S2. The standard InChI is InChI=1S/C13H20N2O3S2/c1-18-9-10-19-13-6-5-12(11-14-13)20(16,17)15-7-3-2-4-8-15/h5-6,11H,2-4,7-10H2,1H3. The minimum absolute atomic E-state index is 0.287. The highest BCUT2D eigenvalue weighted by molar-refractivity contribution is 7.99. The van der Waals surface area contributed by atoms with Gasteiger partial charge in [-0.2, -0.15) is 4.31 Å². The number of hydrogen-bond donors (Lipinski definition) is 0. The Hall–Kier alpha value is -0.630. The smallest absolute Gasteiger partial charge is 0.244 e. The Morgan fingerprint density at radius 1 is 1.30 bits per heavy atom. The number of hydrogen-bond acceptors (Lipinski definition) is 5. The summed E-state index contributed by atoms with van der Waals surface area (Å²) in [6.45, 7) is 1.89. The molecule has 0 saturated carbocycles. The summed E-state index contributed by atoms with van der Waals surface area (Å²) in [6, 6.07) is 3.41. The SMILES string of the molecule is COCCSc1ccc(S(=O)(=O)N2CCCCC2)cn1. The van der Waals surface area contributed by atoms with Crippen LogP contribution >= 0.6 is 11.8 Å². The first-order chi connectivity index (χ1) is 9.64. The molecule has 0 spiro atoms. The van der Waals surface area contributed by atoms with Gasteiger partial charge in [0.25, 0.3) is 0 Å². The number of pyridine rings is 1. The molecule has 5 nitrogen and oxygen atoms in total. The largest absolute Gasteiger partial charge is 0.384 e. The van der Waals surface area contributed by atoms with E-state index < -0.39 is 10.0 Å². The Balaban J connectivity index is 2.04. The Bertz CT molecular complexity index is 511. The number of nitrogens with zero attached hydrogens (tertiary/aromatic N) is 2. The van der Waals surface area contributed by atoms with Gasteiger partial charge in [-0.25, -0.2) is 13.4 Å². The number of piperidine rings is 1. The second-order valence-electron chi connectivity index (χ2n) is 4.64. The molecule has 0 radical (unpaired) electrons. The summed E-state index contributed by atoms with van der Waals surface area (Å²) in [5.41, 5.74) is 0. The Morgan fingerprint density at radius 3 is 2.65 bits per heavy atom. The van der Waals surface area contributed by atoms with Gasteiger partial charge in [0.05, 0.1) is 11.6 Å². The van der Waals surface area contributed by atoms with Crippen LogP contribution in [0.1, 0.15) is 19.3 Å². The summed E-state index contributed by atoms with van der Waals surface area (Å²) in [5.74, 6) is 0.807. The van der Waals surface area contributed by atoms with E-state index in [1.807, 2.05) is 0 Å². The van der Waals surface area contributed by atoms with Crippen molar-refractivity contribution < 1.29 is 13.2 Å². The van der Waals surface area contributed by atoms with Gasteiger partial charge in [-0.15, -0.1) is 11.8 Å². The van der Waals surface area contributed by atoms with Crippen molar-refractivity contribution in [2.24, 2.45) is 0 Å². The van der Waals surface area contributed by atoms with Crippen molar-refractivity contribution in [2.75, 3.05) is 32.6 Å². The molecule has 0 N–H and O–H groups in total. The minimum Gasteiger partial charge on any atom is -0.384 e. The first-order valence-electron chi connectivity index (χ1n) is 6.72. The summed E-state index contributed by atoms with van der Waals surface area (Å²) in [4.78, 5) is 4.50.